The predicted molar refractivity (Wildman–Crippen MR) is 76.4 cm³/mol. The van der Waals surface area contributed by atoms with Crippen LogP contribution in [0, 0.1) is 12.7 Å². The van der Waals surface area contributed by atoms with Crippen LogP contribution in [0.5, 0.6) is 0 Å². The van der Waals surface area contributed by atoms with Gasteiger partial charge in [-0.25, -0.2) is 4.39 Å². The first-order valence-electron chi connectivity index (χ1n) is 5.29. The van der Waals surface area contributed by atoms with E-state index in [9.17, 15) is 9.18 Å². The topological polar surface area (TPSA) is 54.9 Å². The zero-order valence-electron chi connectivity index (χ0n) is 9.85. The molecular formula is C12H9BrFN3OS. The summed E-state index contributed by atoms with van der Waals surface area (Å²) in [7, 11) is 0. The Bertz CT molecular complexity index is 642. The van der Waals surface area contributed by atoms with Crippen LogP contribution >= 0.6 is 27.3 Å². The van der Waals surface area contributed by atoms with Crippen LogP contribution in [-0.2, 0) is 4.79 Å². The Morgan fingerprint density at radius 3 is 2.95 bits per heavy atom. The van der Waals surface area contributed by atoms with Crippen molar-refractivity contribution >= 4 is 44.4 Å². The summed E-state index contributed by atoms with van der Waals surface area (Å²) in [6, 6.07) is 4.51. The molecule has 0 spiro atoms. The molecule has 0 radical (unpaired) electrons. The molecule has 19 heavy (non-hydrogen) atoms. The Hall–Kier alpha value is -1.60. The number of anilines is 1. The van der Waals surface area contributed by atoms with E-state index in [0.717, 1.165) is 9.48 Å². The average molecular weight is 342 g/mol. The van der Waals surface area contributed by atoms with Gasteiger partial charge in [0.15, 0.2) is 0 Å². The third kappa shape index (κ3) is 3.93. The smallest absolute Gasteiger partial charge is 0.250 e. The van der Waals surface area contributed by atoms with Gasteiger partial charge < -0.3 is 0 Å². The van der Waals surface area contributed by atoms with Crippen molar-refractivity contribution < 1.29 is 9.18 Å². The zero-order chi connectivity index (χ0) is 13.8. The zero-order valence-corrected chi connectivity index (χ0v) is 12.3. The molecule has 1 heterocycles. The number of nitrogens with zero attached hydrogens (tertiary/aromatic N) is 2. The van der Waals surface area contributed by atoms with Crippen molar-refractivity contribution in [3.05, 3.63) is 45.1 Å². The summed E-state index contributed by atoms with van der Waals surface area (Å²) in [5.74, 6) is -0.769. The Kier molecular flexibility index (Phi) is 4.39. The highest BCUT2D eigenvalue weighted by atomic mass is 79.9. The normalized spacial score (nSPS) is 10.9. The number of aromatic nitrogens is 2. The third-order valence-corrected chi connectivity index (χ3v) is 3.38. The quantitative estimate of drug-likeness (QED) is 0.870. The van der Waals surface area contributed by atoms with Crippen molar-refractivity contribution in [3.63, 3.8) is 0 Å². The Balaban J connectivity index is 2.05. The number of hydrogen-bond acceptors (Lipinski definition) is 4. The summed E-state index contributed by atoms with van der Waals surface area (Å²) in [5.41, 5.74) is 0.331. The summed E-state index contributed by atoms with van der Waals surface area (Å²) in [6.07, 6.45) is 2.66. The minimum atomic E-state index is -0.390. The fourth-order valence-electron chi connectivity index (χ4n) is 1.30. The van der Waals surface area contributed by atoms with Crippen molar-refractivity contribution in [1.82, 2.24) is 10.2 Å². The van der Waals surface area contributed by atoms with E-state index in [2.05, 4.69) is 31.4 Å². The van der Waals surface area contributed by atoms with Crippen LogP contribution in [0.4, 0.5) is 9.52 Å². The summed E-state index contributed by atoms with van der Waals surface area (Å²) < 4.78 is 14.2. The molecule has 2 aromatic rings. The van der Waals surface area contributed by atoms with Gasteiger partial charge >= 0.3 is 0 Å². The second-order valence-corrected chi connectivity index (χ2v) is 5.71. The Labute approximate surface area is 121 Å². The summed E-state index contributed by atoms with van der Waals surface area (Å²) >= 11 is 4.52. The number of aryl methyl sites for hydroxylation is 1. The monoisotopic (exact) mass is 341 g/mol. The van der Waals surface area contributed by atoms with E-state index in [1.54, 1.807) is 19.1 Å². The highest BCUT2D eigenvalue weighted by Gasteiger charge is 2.04. The predicted octanol–water partition coefficient (Wildman–Crippen LogP) is 3.40. The summed E-state index contributed by atoms with van der Waals surface area (Å²) in [6.45, 7) is 1.79. The van der Waals surface area contributed by atoms with Crippen molar-refractivity contribution in [1.29, 1.82) is 0 Å². The van der Waals surface area contributed by atoms with Crippen LogP contribution in [-0.4, -0.2) is 16.1 Å². The molecule has 0 aliphatic rings. The Morgan fingerprint density at radius 2 is 2.26 bits per heavy atom. The van der Waals surface area contributed by atoms with Crippen molar-refractivity contribution in [2.24, 2.45) is 0 Å². The molecule has 0 saturated carbocycles. The van der Waals surface area contributed by atoms with Crippen LogP contribution in [0.25, 0.3) is 6.08 Å². The average Bonchev–Trinajstić information content (AvgIpc) is 2.76. The van der Waals surface area contributed by atoms with Gasteiger partial charge in [-0.05, 0) is 31.2 Å². The number of amides is 1. The fraction of sp³-hybridized carbons (Fsp3) is 0.0833. The van der Waals surface area contributed by atoms with Gasteiger partial charge in [0.05, 0.1) is 0 Å². The van der Waals surface area contributed by atoms with E-state index in [1.807, 2.05) is 0 Å². The maximum Gasteiger partial charge on any atom is 0.250 e. The van der Waals surface area contributed by atoms with E-state index in [1.165, 1.54) is 29.6 Å². The molecule has 0 bridgehead atoms. The number of benzene rings is 1. The first-order valence-corrected chi connectivity index (χ1v) is 6.90. The Morgan fingerprint density at radius 1 is 1.47 bits per heavy atom. The molecule has 7 heteroatoms. The minimum absolute atomic E-state index is 0.331. The largest absolute Gasteiger partial charge is 0.297 e. The van der Waals surface area contributed by atoms with Crippen LogP contribution in [0.15, 0.2) is 28.7 Å². The van der Waals surface area contributed by atoms with Crippen molar-refractivity contribution in [2.45, 2.75) is 6.92 Å². The second-order valence-electron chi connectivity index (χ2n) is 3.61. The summed E-state index contributed by atoms with van der Waals surface area (Å²) in [4.78, 5) is 11.6. The fourth-order valence-corrected chi connectivity index (χ4v) is 2.28. The molecule has 4 nitrogen and oxygen atoms in total. The third-order valence-electron chi connectivity index (χ3n) is 2.13. The molecule has 1 amide bonds. The van der Waals surface area contributed by atoms with E-state index in [4.69, 9.17) is 0 Å². The highest BCUT2D eigenvalue weighted by molar-refractivity contribution is 9.10. The number of rotatable bonds is 3. The molecular weight excluding hydrogens is 333 g/mol. The van der Waals surface area contributed by atoms with Crippen LogP contribution < -0.4 is 5.32 Å². The van der Waals surface area contributed by atoms with Gasteiger partial charge in [0.25, 0.3) is 0 Å². The lowest BCUT2D eigenvalue weighted by Crippen LogP contribution is -2.07. The SMILES string of the molecule is Cc1nnc(NC(=O)/C=C/c2cc(Br)ccc2F)s1. The number of carbonyl (C=O) groups is 1. The summed E-state index contributed by atoms with van der Waals surface area (Å²) in [5, 5.41) is 11.3. The highest BCUT2D eigenvalue weighted by Crippen LogP contribution is 2.17. The maximum atomic E-state index is 13.4. The molecule has 1 aromatic carbocycles. The lowest BCUT2D eigenvalue weighted by Gasteiger charge is -1.98. The van der Waals surface area contributed by atoms with Crippen LogP contribution in [0.2, 0.25) is 0 Å². The van der Waals surface area contributed by atoms with Crippen LogP contribution in [0.1, 0.15) is 10.6 Å². The van der Waals surface area contributed by atoms with Gasteiger partial charge in [-0.3, -0.25) is 10.1 Å². The molecule has 0 fully saturated rings. The first kappa shape index (κ1) is 13.8. The van der Waals surface area contributed by atoms with Gasteiger partial charge in [0, 0.05) is 16.1 Å². The minimum Gasteiger partial charge on any atom is -0.297 e. The molecule has 0 aliphatic carbocycles. The number of halogens is 2. The van der Waals surface area contributed by atoms with E-state index >= 15 is 0 Å². The molecule has 0 saturated heterocycles. The van der Waals surface area contributed by atoms with Gasteiger partial charge in [-0.2, -0.15) is 0 Å². The molecule has 0 aliphatic heterocycles. The van der Waals surface area contributed by atoms with Crippen molar-refractivity contribution in [2.75, 3.05) is 5.32 Å². The number of nitrogens with one attached hydrogen (secondary N) is 1. The number of carbonyl (C=O) groups excluding carboxylic acids is 1. The molecule has 0 atom stereocenters. The standard InChI is InChI=1S/C12H9BrFN3OS/c1-7-16-17-12(19-7)15-11(18)5-2-8-6-9(13)3-4-10(8)14/h2-6H,1H3,(H,15,17,18)/b5-2+. The van der Waals surface area contributed by atoms with Gasteiger partial charge in [0.2, 0.25) is 11.0 Å². The molecule has 98 valence electrons. The van der Waals surface area contributed by atoms with E-state index < -0.39 is 0 Å². The van der Waals surface area contributed by atoms with E-state index in [0.29, 0.717) is 10.7 Å². The van der Waals surface area contributed by atoms with Gasteiger partial charge in [0.1, 0.15) is 10.8 Å². The van der Waals surface area contributed by atoms with Gasteiger partial charge in [-0.1, -0.05) is 27.3 Å². The molecule has 2 rings (SSSR count). The van der Waals surface area contributed by atoms with E-state index in [-0.39, 0.29) is 11.7 Å². The van der Waals surface area contributed by atoms with Crippen molar-refractivity contribution in [3.8, 4) is 0 Å². The maximum absolute atomic E-state index is 13.4. The first-order chi connectivity index (χ1) is 9.04. The molecule has 1 N–H and O–H groups in total. The molecule has 1 aromatic heterocycles. The lowest BCUT2D eigenvalue weighted by molar-refractivity contribution is -0.111. The molecule has 0 unspecified atom stereocenters. The lowest BCUT2D eigenvalue weighted by atomic mass is 10.2. The second kappa shape index (κ2) is 6.03. The van der Waals surface area contributed by atoms with Gasteiger partial charge in [-0.15, -0.1) is 10.2 Å². The number of hydrogen-bond donors (Lipinski definition) is 1. The van der Waals surface area contributed by atoms with Crippen LogP contribution in [0.3, 0.4) is 0 Å².